The molecule has 1 atom stereocenters. The maximum atomic E-state index is 4.55. The molecule has 2 heterocycles. The molecule has 134 valence electrons. The number of aliphatic imine (C=N–C) groups is 1. The predicted octanol–water partition coefficient (Wildman–Crippen LogP) is 3.18. The van der Waals surface area contributed by atoms with Crippen LogP contribution in [0.5, 0.6) is 0 Å². The molecule has 3 rings (SSSR count). The molecule has 0 unspecified atom stereocenters. The first-order valence-electron chi connectivity index (χ1n) is 9.31. The van der Waals surface area contributed by atoms with Gasteiger partial charge in [0.15, 0.2) is 5.96 Å². The lowest BCUT2D eigenvalue weighted by Gasteiger charge is -2.38. The van der Waals surface area contributed by atoms with Crippen LogP contribution in [0.15, 0.2) is 4.99 Å². The summed E-state index contributed by atoms with van der Waals surface area (Å²) < 4.78 is 0. The minimum atomic E-state index is 0. The number of nitrogens with zero attached hydrogens (tertiary/aromatic N) is 3. The summed E-state index contributed by atoms with van der Waals surface area (Å²) in [5.41, 5.74) is 0.647. The fraction of sp³-hybridized carbons (Fsp3) is 0.944. The van der Waals surface area contributed by atoms with Crippen LogP contribution in [0.1, 0.15) is 52.4 Å². The number of rotatable bonds is 4. The van der Waals surface area contributed by atoms with Gasteiger partial charge in [0, 0.05) is 39.3 Å². The third-order valence-electron chi connectivity index (χ3n) is 5.96. The average Bonchev–Trinajstić information content (AvgIpc) is 3.06. The number of halogens is 1. The summed E-state index contributed by atoms with van der Waals surface area (Å²) in [6, 6.07) is 0.694. The topological polar surface area (TPSA) is 30.9 Å². The largest absolute Gasteiger partial charge is 0.355 e. The number of guanidine groups is 1. The van der Waals surface area contributed by atoms with Gasteiger partial charge in [0.25, 0.3) is 0 Å². The van der Waals surface area contributed by atoms with Gasteiger partial charge in [-0.2, -0.15) is 0 Å². The zero-order valence-corrected chi connectivity index (χ0v) is 17.5. The summed E-state index contributed by atoms with van der Waals surface area (Å²) in [7, 11) is 1.94. The lowest BCUT2D eigenvalue weighted by molar-refractivity contribution is 0.151. The molecule has 1 aliphatic carbocycles. The monoisotopic (exact) mass is 434 g/mol. The second-order valence-electron chi connectivity index (χ2n) is 8.14. The second kappa shape index (κ2) is 8.37. The van der Waals surface area contributed by atoms with Gasteiger partial charge in [-0.3, -0.25) is 9.89 Å². The molecule has 5 heteroatoms. The molecule has 23 heavy (non-hydrogen) atoms. The van der Waals surface area contributed by atoms with E-state index in [1.165, 1.54) is 64.7 Å². The highest BCUT2D eigenvalue weighted by molar-refractivity contribution is 14.0. The lowest BCUT2D eigenvalue weighted by atomic mass is 9.68. The molecule has 0 aromatic rings. The van der Waals surface area contributed by atoms with Crippen molar-refractivity contribution in [1.82, 2.24) is 15.1 Å². The molecule has 0 radical (unpaired) electrons. The first-order valence-corrected chi connectivity index (χ1v) is 9.31. The van der Waals surface area contributed by atoms with Crippen LogP contribution in [0.3, 0.4) is 0 Å². The molecule has 3 fully saturated rings. The third-order valence-corrected chi connectivity index (χ3v) is 5.96. The Balaban J connectivity index is 0.00000192. The van der Waals surface area contributed by atoms with Crippen LogP contribution in [0.25, 0.3) is 0 Å². The summed E-state index contributed by atoms with van der Waals surface area (Å²) in [5, 5.41) is 3.68. The normalized spacial score (nSPS) is 27.4. The van der Waals surface area contributed by atoms with Gasteiger partial charge in [-0.1, -0.05) is 20.3 Å². The van der Waals surface area contributed by atoms with E-state index in [2.05, 4.69) is 34.0 Å². The van der Waals surface area contributed by atoms with Crippen LogP contribution in [0, 0.1) is 11.3 Å². The Bertz CT molecular complexity index is 406. The van der Waals surface area contributed by atoms with Gasteiger partial charge >= 0.3 is 0 Å². The Morgan fingerprint density at radius 3 is 2.57 bits per heavy atom. The molecule has 4 nitrogen and oxygen atoms in total. The number of hydrogen-bond donors (Lipinski definition) is 1. The second-order valence-corrected chi connectivity index (χ2v) is 8.14. The summed E-state index contributed by atoms with van der Waals surface area (Å²) in [6.07, 6.45) is 8.37. The van der Waals surface area contributed by atoms with E-state index < -0.39 is 0 Å². The standard InChI is InChI=1S/C18H34N4.HI/c1-15(2)13-21-10-4-6-16(21)12-20-17(19-3)22-11-9-18(14-22)7-5-8-18;/h15-16H,4-14H2,1-3H3,(H,19,20);1H/t16-;/m1./s1. The maximum Gasteiger partial charge on any atom is 0.193 e. The van der Waals surface area contributed by atoms with Crippen molar-refractivity contribution in [3.05, 3.63) is 0 Å². The Morgan fingerprint density at radius 2 is 2.00 bits per heavy atom. The molecule has 1 N–H and O–H groups in total. The van der Waals surface area contributed by atoms with Crippen LogP contribution < -0.4 is 5.32 Å². The van der Waals surface area contributed by atoms with Crippen LogP contribution in [0.4, 0.5) is 0 Å². The van der Waals surface area contributed by atoms with E-state index in [1.807, 2.05) is 7.05 Å². The van der Waals surface area contributed by atoms with Gasteiger partial charge in [0.05, 0.1) is 0 Å². The number of hydrogen-bond acceptors (Lipinski definition) is 2. The zero-order chi connectivity index (χ0) is 15.6. The van der Waals surface area contributed by atoms with Crippen molar-refractivity contribution in [2.24, 2.45) is 16.3 Å². The highest BCUT2D eigenvalue weighted by atomic mass is 127. The average molecular weight is 434 g/mol. The van der Waals surface area contributed by atoms with Crippen LogP contribution in [-0.4, -0.2) is 61.6 Å². The van der Waals surface area contributed by atoms with Crippen LogP contribution >= 0.6 is 24.0 Å². The third kappa shape index (κ3) is 4.53. The number of likely N-dealkylation sites (tertiary alicyclic amines) is 2. The first kappa shape index (κ1) is 19.3. The quantitative estimate of drug-likeness (QED) is 0.419. The molecular weight excluding hydrogens is 399 g/mol. The van der Waals surface area contributed by atoms with E-state index in [1.54, 1.807) is 0 Å². The van der Waals surface area contributed by atoms with Crippen LogP contribution in [0.2, 0.25) is 0 Å². The van der Waals surface area contributed by atoms with E-state index in [9.17, 15) is 0 Å². The van der Waals surface area contributed by atoms with E-state index in [0.29, 0.717) is 11.5 Å². The SMILES string of the molecule is CN=C(NC[C@H]1CCCN1CC(C)C)N1CCC2(CCC2)C1.I. The van der Waals surface area contributed by atoms with Crippen molar-refractivity contribution in [3.63, 3.8) is 0 Å². The van der Waals surface area contributed by atoms with Gasteiger partial charge in [0.2, 0.25) is 0 Å². The van der Waals surface area contributed by atoms with E-state index in [-0.39, 0.29) is 24.0 Å². The lowest BCUT2D eigenvalue weighted by Crippen LogP contribution is -2.47. The highest BCUT2D eigenvalue weighted by Gasteiger charge is 2.43. The Kier molecular flexibility index (Phi) is 7.01. The van der Waals surface area contributed by atoms with Crippen LogP contribution in [-0.2, 0) is 0 Å². The molecule has 1 saturated carbocycles. The summed E-state index contributed by atoms with van der Waals surface area (Å²) in [6.45, 7) is 10.6. The zero-order valence-electron chi connectivity index (χ0n) is 15.2. The van der Waals surface area contributed by atoms with Crippen molar-refractivity contribution >= 4 is 29.9 Å². The van der Waals surface area contributed by atoms with E-state index in [0.717, 1.165) is 18.4 Å². The van der Waals surface area contributed by atoms with Crippen molar-refractivity contribution in [3.8, 4) is 0 Å². The molecule has 2 saturated heterocycles. The molecule has 0 bridgehead atoms. The van der Waals surface area contributed by atoms with Crippen molar-refractivity contribution in [2.75, 3.05) is 39.8 Å². The molecule has 3 aliphatic rings. The molecule has 0 amide bonds. The predicted molar refractivity (Wildman–Crippen MR) is 109 cm³/mol. The summed E-state index contributed by atoms with van der Waals surface area (Å²) >= 11 is 0. The molecular formula is C18H35IN4. The van der Waals surface area contributed by atoms with Crippen molar-refractivity contribution in [2.45, 2.75) is 58.4 Å². The molecule has 2 aliphatic heterocycles. The Hall–Kier alpha value is -0.0400. The van der Waals surface area contributed by atoms with E-state index in [4.69, 9.17) is 0 Å². The Labute approximate surface area is 159 Å². The van der Waals surface area contributed by atoms with Gasteiger partial charge in [-0.25, -0.2) is 0 Å². The van der Waals surface area contributed by atoms with Gasteiger partial charge in [0.1, 0.15) is 0 Å². The fourth-order valence-electron chi connectivity index (χ4n) is 4.58. The highest BCUT2D eigenvalue weighted by Crippen LogP contribution is 2.47. The summed E-state index contributed by atoms with van der Waals surface area (Å²) in [5.74, 6) is 1.90. The smallest absolute Gasteiger partial charge is 0.193 e. The van der Waals surface area contributed by atoms with Crippen molar-refractivity contribution in [1.29, 1.82) is 0 Å². The molecule has 0 aromatic heterocycles. The van der Waals surface area contributed by atoms with Gasteiger partial charge in [-0.05, 0) is 50.0 Å². The summed E-state index contributed by atoms with van der Waals surface area (Å²) in [4.78, 5) is 9.72. The Morgan fingerprint density at radius 1 is 1.22 bits per heavy atom. The van der Waals surface area contributed by atoms with Gasteiger partial charge in [-0.15, -0.1) is 24.0 Å². The number of nitrogens with one attached hydrogen (secondary N) is 1. The minimum Gasteiger partial charge on any atom is -0.355 e. The molecule has 0 aromatic carbocycles. The maximum absolute atomic E-state index is 4.55. The minimum absolute atomic E-state index is 0. The van der Waals surface area contributed by atoms with E-state index >= 15 is 0 Å². The van der Waals surface area contributed by atoms with Crippen molar-refractivity contribution < 1.29 is 0 Å². The fourth-order valence-corrected chi connectivity index (χ4v) is 4.58. The first-order chi connectivity index (χ1) is 10.6. The molecule has 1 spiro atoms. The van der Waals surface area contributed by atoms with Gasteiger partial charge < -0.3 is 10.2 Å².